The molecule has 106 valence electrons. The summed E-state index contributed by atoms with van der Waals surface area (Å²) < 4.78 is 0. The van der Waals surface area contributed by atoms with E-state index < -0.39 is 0 Å². The Morgan fingerprint density at radius 2 is 1.10 bits per heavy atom. The van der Waals surface area contributed by atoms with Crippen molar-refractivity contribution in [3.63, 3.8) is 0 Å². The summed E-state index contributed by atoms with van der Waals surface area (Å²) in [4.78, 5) is 0. The Balaban J connectivity index is 0.000000173. The lowest BCUT2D eigenvalue weighted by Crippen LogP contribution is -1.94. The van der Waals surface area contributed by atoms with Crippen molar-refractivity contribution in [2.45, 2.75) is 6.54 Å². The molecular formula is C19H19NO. The predicted molar refractivity (Wildman–Crippen MR) is 87.9 cm³/mol. The van der Waals surface area contributed by atoms with Crippen molar-refractivity contribution in [1.29, 1.82) is 0 Å². The van der Waals surface area contributed by atoms with E-state index in [1.165, 1.54) is 11.1 Å². The van der Waals surface area contributed by atoms with Crippen LogP contribution in [0.15, 0.2) is 84.9 Å². The number of rotatable bonds is 2. The van der Waals surface area contributed by atoms with Gasteiger partial charge >= 0.3 is 0 Å². The molecule has 0 aliphatic heterocycles. The van der Waals surface area contributed by atoms with Crippen LogP contribution in [0, 0.1) is 0 Å². The largest absolute Gasteiger partial charge is 0.508 e. The summed E-state index contributed by atoms with van der Waals surface area (Å²) in [6, 6.07) is 27.3. The standard InChI is InChI=1S/C12H10O.C7H9N/c13-12-8-6-11(7-9-12)10-4-2-1-3-5-10;8-6-7-4-2-1-3-5-7/h1-9,13H;1-5H,6,8H2. The highest BCUT2D eigenvalue weighted by atomic mass is 16.3. The monoisotopic (exact) mass is 277 g/mol. The van der Waals surface area contributed by atoms with Gasteiger partial charge in [-0.3, -0.25) is 0 Å². The fourth-order valence-electron chi connectivity index (χ4n) is 1.90. The van der Waals surface area contributed by atoms with E-state index in [9.17, 15) is 0 Å². The van der Waals surface area contributed by atoms with Gasteiger partial charge in [0.05, 0.1) is 0 Å². The van der Waals surface area contributed by atoms with E-state index in [2.05, 4.69) is 0 Å². The summed E-state index contributed by atoms with van der Waals surface area (Å²) in [5, 5.41) is 9.10. The van der Waals surface area contributed by atoms with Crippen molar-refractivity contribution < 1.29 is 5.11 Å². The van der Waals surface area contributed by atoms with Gasteiger partial charge in [0.25, 0.3) is 0 Å². The lowest BCUT2D eigenvalue weighted by atomic mass is 10.1. The molecule has 0 saturated carbocycles. The van der Waals surface area contributed by atoms with Crippen LogP contribution in [0.4, 0.5) is 0 Å². The van der Waals surface area contributed by atoms with Gasteiger partial charge in [0.1, 0.15) is 5.75 Å². The first kappa shape index (κ1) is 14.8. The van der Waals surface area contributed by atoms with Gasteiger partial charge in [0.15, 0.2) is 0 Å². The van der Waals surface area contributed by atoms with E-state index in [1.807, 2.05) is 72.8 Å². The Bertz CT molecular complexity index is 633. The Kier molecular flexibility index (Phi) is 5.56. The van der Waals surface area contributed by atoms with Gasteiger partial charge in [-0.2, -0.15) is 0 Å². The lowest BCUT2D eigenvalue weighted by Gasteiger charge is -2.00. The molecule has 21 heavy (non-hydrogen) atoms. The average Bonchev–Trinajstić information content (AvgIpc) is 2.58. The molecule has 0 unspecified atom stereocenters. The van der Waals surface area contributed by atoms with Crippen LogP contribution in [-0.4, -0.2) is 5.11 Å². The molecule has 0 heterocycles. The minimum absolute atomic E-state index is 0.305. The summed E-state index contributed by atoms with van der Waals surface area (Å²) in [6.07, 6.45) is 0. The summed E-state index contributed by atoms with van der Waals surface area (Å²) in [5.74, 6) is 0.305. The Morgan fingerprint density at radius 3 is 1.57 bits per heavy atom. The number of nitrogens with two attached hydrogens (primary N) is 1. The molecule has 3 aromatic carbocycles. The first-order valence-electron chi connectivity index (χ1n) is 6.88. The minimum atomic E-state index is 0.305. The van der Waals surface area contributed by atoms with Gasteiger partial charge in [0.2, 0.25) is 0 Å². The molecule has 0 fully saturated rings. The van der Waals surface area contributed by atoms with E-state index in [-0.39, 0.29) is 0 Å². The van der Waals surface area contributed by atoms with Crippen LogP contribution < -0.4 is 5.73 Å². The molecule has 0 radical (unpaired) electrons. The van der Waals surface area contributed by atoms with Crippen molar-refractivity contribution in [3.05, 3.63) is 90.5 Å². The molecule has 0 aromatic heterocycles. The van der Waals surface area contributed by atoms with Crippen molar-refractivity contribution >= 4 is 0 Å². The maximum Gasteiger partial charge on any atom is 0.115 e. The van der Waals surface area contributed by atoms with Crippen LogP contribution in [0.2, 0.25) is 0 Å². The highest BCUT2D eigenvalue weighted by Gasteiger charge is 1.94. The molecule has 0 amide bonds. The fraction of sp³-hybridized carbons (Fsp3) is 0.0526. The third-order valence-corrected chi connectivity index (χ3v) is 3.05. The molecule has 0 aliphatic carbocycles. The van der Waals surface area contributed by atoms with Gasteiger partial charge in [-0.05, 0) is 28.8 Å². The minimum Gasteiger partial charge on any atom is -0.508 e. The zero-order valence-corrected chi connectivity index (χ0v) is 11.8. The summed E-state index contributed by atoms with van der Waals surface area (Å²) in [6.45, 7) is 0.640. The maximum atomic E-state index is 9.10. The first-order chi connectivity index (χ1) is 10.3. The molecule has 2 nitrogen and oxygen atoms in total. The SMILES string of the molecule is NCc1ccccc1.Oc1ccc(-c2ccccc2)cc1. The Labute approximate surface area is 125 Å². The average molecular weight is 277 g/mol. The molecular weight excluding hydrogens is 258 g/mol. The van der Waals surface area contributed by atoms with E-state index >= 15 is 0 Å². The number of benzene rings is 3. The molecule has 3 N–H and O–H groups in total. The van der Waals surface area contributed by atoms with Crippen LogP contribution in [0.1, 0.15) is 5.56 Å². The van der Waals surface area contributed by atoms with Crippen LogP contribution >= 0.6 is 0 Å². The fourth-order valence-corrected chi connectivity index (χ4v) is 1.90. The molecule has 2 heteroatoms. The number of aromatic hydroxyl groups is 1. The molecule has 0 spiro atoms. The van der Waals surface area contributed by atoms with E-state index in [0.29, 0.717) is 12.3 Å². The third kappa shape index (κ3) is 4.79. The molecule has 0 aliphatic rings. The quantitative estimate of drug-likeness (QED) is 0.737. The van der Waals surface area contributed by atoms with Crippen molar-refractivity contribution in [3.8, 4) is 16.9 Å². The van der Waals surface area contributed by atoms with Crippen molar-refractivity contribution in [2.24, 2.45) is 5.73 Å². The number of phenolic OH excluding ortho intramolecular Hbond substituents is 1. The predicted octanol–water partition coefficient (Wildman–Crippen LogP) is 4.20. The lowest BCUT2D eigenvalue weighted by molar-refractivity contribution is 0.475. The van der Waals surface area contributed by atoms with Gasteiger partial charge in [-0.1, -0.05) is 72.8 Å². The smallest absolute Gasteiger partial charge is 0.115 e. The Hall–Kier alpha value is -2.58. The maximum absolute atomic E-state index is 9.10. The number of phenols is 1. The molecule has 0 saturated heterocycles. The van der Waals surface area contributed by atoms with Crippen LogP contribution in [0.5, 0.6) is 5.75 Å². The second kappa shape index (κ2) is 7.88. The summed E-state index contributed by atoms with van der Waals surface area (Å²) >= 11 is 0. The highest BCUT2D eigenvalue weighted by molar-refractivity contribution is 5.63. The van der Waals surface area contributed by atoms with E-state index in [4.69, 9.17) is 10.8 Å². The normalized spacial score (nSPS) is 9.57. The van der Waals surface area contributed by atoms with Crippen LogP contribution in [0.25, 0.3) is 11.1 Å². The molecule has 0 bridgehead atoms. The summed E-state index contributed by atoms with van der Waals surface area (Å²) in [7, 11) is 0. The third-order valence-electron chi connectivity index (χ3n) is 3.05. The molecule has 3 aromatic rings. The van der Waals surface area contributed by atoms with Gasteiger partial charge < -0.3 is 10.8 Å². The van der Waals surface area contributed by atoms with Crippen molar-refractivity contribution in [2.75, 3.05) is 0 Å². The number of hydrogen-bond acceptors (Lipinski definition) is 2. The second-order valence-electron chi connectivity index (χ2n) is 4.60. The van der Waals surface area contributed by atoms with Crippen LogP contribution in [0.3, 0.4) is 0 Å². The molecule has 0 atom stereocenters. The van der Waals surface area contributed by atoms with Crippen molar-refractivity contribution in [1.82, 2.24) is 0 Å². The van der Waals surface area contributed by atoms with Crippen LogP contribution in [-0.2, 0) is 6.54 Å². The number of hydrogen-bond donors (Lipinski definition) is 2. The topological polar surface area (TPSA) is 46.2 Å². The Morgan fingerprint density at radius 1 is 0.619 bits per heavy atom. The first-order valence-corrected chi connectivity index (χ1v) is 6.88. The van der Waals surface area contributed by atoms with Gasteiger partial charge in [-0.15, -0.1) is 0 Å². The van der Waals surface area contributed by atoms with E-state index in [0.717, 1.165) is 5.56 Å². The zero-order valence-electron chi connectivity index (χ0n) is 11.8. The van der Waals surface area contributed by atoms with Gasteiger partial charge in [0, 0.05) is 6.54 Å². The zero-order chi connectivity index (χ0) is 14.9. The second-order valence-corrected chi connectivity index (χ2v) is 4.60. The van der Waals surface area contributed by atoms with Gasteiger partial charge in [-0.25, -0.2) is 0 Å². The van der Waals surface area contributed by atoms with E-state index in [1.54, 1.807) is 12.1 Å². The summed E-state index contributed by atoms with van der Waals surface area (Å²) in [5.41, 5.74) is 8.83. The highest BCUT2D eigenvalue weighted by Crippen LogP contribution is 2.20. The molecule has 3 rings (SSSR count).